The summed E-state index contributed by atoms with van der Waals surface area (Å²) >= 11 is 0. The van der Waals surface area contributed by atoms with Gasteiger partial charge >= 0.3 is 0 Å². The molecule has 30 heavy (non-hydrogen) atoms. The summed E-state index contributed by atoms with van der Waals surface area (Å²) in [6.45, 7) is 0.535. The molecule has 3 rings (SSSR count). The summed E-state index contributed by atoms with van der Waals surface area (Å²) in [6, 6.07) is 13.6. The number of aryl methyl sites for hydroxylation is 1. The van der Waals surface area contributed by atoms with Gasteiger partial charge in [-0.3, -0.25) is 0 Å². The van der Waals surface area contributed by atoms with Crippen molar-refractivity contribution in [2.45, 2.75) is 29.0 Å². The molecule has 9 heteroatoms. The molecule has 2 atom stereocenters. The molecule has 0 aromatic heterocycles. The average molecular weight is 454 g/mol. The van der Waals surface area contributed by atoms with Crippen molar-refractivity contribution in [3.63, 3.8) is 0 Å². The highest BCUT2D eigenvalue weighted by atomic mass is 32.2. The molecule has 0 spiro atoms. The van der Waals surface area contributed by atoms with Crippen molar-refractivity contribution in [3.05, 3.63) is 54.1 Å². The zero-order chi connectivity index (χ0) is 21.8. The second kappa shape index (κ2) is 9.36. The SMILES string of the molecule is COc1ccc(S(=O)(=O)[C@H]2CS(=O)(=O)C[C@@H]2NCCCc2ccccc2)cc1OC. The van der Waals surface area contributed by atoms with Gasteiger partial charge in [0.1, 0.15) is 0 Å². The molecule has 0 saturated carbocycles. The summed E-state index contributed by atoms with van der Waals surface area (Å²) in [7, 11) is -4.45. The van der Waals surface area contributed by atoms with Crippen LogP contribution in [-0.4, -0.2) is 60.4 Å². The van der Waals surface area contributed by atoms with Crippen molar-refractivity contribution in [2.75, 3.05) is 32.3 Å². The first-order valence-electron chi connectivity index (χ1n) is 9.70. The topological polar surface area (TPSA) is 98.8 Å². The van der Waals surface area contributed by atoms with E-state index in [0.717, 1.165) is 12.8 Å². The van der Waals surface area contributed by atoms with Gasteiger partial charge in [0.05, 0.1) is 35.9 Å². The van der Waals surface area contributed by atoms with E-state index in [-0.39, 0.29) is 22.2 Å². The third kappa shape index (κ3) is 5.14. The molecule has 1 heterocycles. The van der Waals surface area contributed by atoms with Crippen LogP contribution < -0.4 is 14.8 Å². The lowest BCUT2D eigenvalue weighted by Gasteiger charge is -2.20. The van der Waals surface area contributed by atoms with Crippen LogP contribution in [0.25, 0.3) is 0 Å². The van der Waals surface area contributed by atoms with Crippen LogP contribution in [-0.2, 0) is 26.1 Å². The fraction of sp³-hybridized carbons (Fsp3) is 0.429. The molecular weight excluding hydrogens is 426 g/mol. The van der Waals surface area contributed by atoms with Gasteiger partial charge in [-0.05, 0) is 37.1 Å². The predicted molar refractivity (Wildman–Crippen MR) is 116 cm³/mol. The minimum atomic E-state index is -3.88. The molecule has 1 fully saturated rings. The Balaban J connectivity index is 1.74. The number of methoxy groups -OCH3 is 2. The molecule has 7 nitrogen and oxygen atoms in total. The van der Waals surface area contributed by atoms with Gasteiger partial charge in [-0.2, -0.15) is 0 Å². The van der Waals surface area contributed by atoms with Gasteiger partial charge < -0.3 is 14.8 Å². The number of nitrogens with one attached hydrogen (secondary N) is 1. The fourth-order valence-corrected chi connectivity index (χ4v) is 8.43. The van der Waals surface area contributed by atoms with E-state index in [9.17, 15) is 16.8 Å². The van der Waals surface area contributed by atoms with Gasteiger partial charge in [-0.15, -0.1) is 0 Å². The average Bonchev–Trinajstić information content (AvgIpc) is 3.06. The van der Waals surface area contributed by atoms with Gasteiger partial charge in [0.15, 0.2) is 31.2 Å². The number of rotatable bonds is 9. The first kappa shape index (κ1) is 22.6. The van der Waals surface area contributed by atoms with Crippen molar-refractivity contribution in [1.82, 2.24) is 5.32 Å². The van der Waals surface area contributed by atoms with Gasteiger partial charge in [-0.25, -0.2) is 16.8 Å². The second-order valence-electron chi connectivity index (χ2n) is 7.33. The van der Waals surface area contributed by atoms with E-state index in [1.165, 1.54) is 38.0 Å². The van der Waals surface area contributed by atoms with E-state index in [2.05, 4.69) is 5.32 Å². The van der Waals surface area contributed by atoms with Crippen molar-refractivity contribution >= 4 is 19.7 Å². The Morgan fingerprint density at radius 3 is 2.37 bits per heavy atom. The molecule has 2 aromatic rings. The highest BCUT2D eigenvalue weighted by Crippen LogP contribution is 2.33. The second-order valence-corrected chi connectivity index (χ2v) is 11.6. The van der Waals surface area contributed by atoms with E-state index in [1.54, 1.807) is 0 Å². The summed E-state index contributed by atoms with van der Waals surface area (Å²) in [5, 5.41) is 2.13. The number of hydrogen-bond acceptors (Lipinski definition) is 7. The Morgan fingerprint density at radius 1 is 1.00 bits per heavy atom. The molecule has 164 valence electrons. The number of benzene rings is 2. The zero-order valence-electron chi connectivity index (χ0n) is 17.1. The van der Waals surface area contributed by atoms with Gasteiger partial charge in [-0.1, -0.05) is 30.3 Å². The Labute approximate surface area is 178 Å². The monoisotopic (exact) mass is 453 g/mol. The van der Waals surface area contributed by atoms with E-state index >= 15 is 0 Å². The molecule has 1 aliphatic rings. The van der Waals surface area contributed by atoms with E-state index in [0.29, 0.717) is 12.3 Å². The Bertz CT molecular complexity index is 1070. The summed E-state index contributed by atoms with van der Waals surface area (Å²) in [5.74, 6) is 0.119. The zero-order valence-corrected chi connectivity index (χ0v) is 18.7. The quantitative estimate of drug-likeness (QED) is 0.579. The van der Waals surface area contributed by atoms with Crippen molar-refractivity contribution in [1.29, 1.82) is 0 Å². The van der Waals surface area contributed by atoms with Crippen LogP contribution in [0.15, 0.2) is 53.4 Å². The Hall–Kier alpha value is -2.10. The van der Waals surface area contributed by atoms with Crippen LogP contribution in [0.1, 0.15) is 12.0 Å². The third-order valence-electron chi connectivity index (χ3n) is 5.27. The van der Waals surface area contributed by atoms with Crippen LogP contribution in [0.4, 0.5) is 0 Å². The molecular formula is C21H27NO6S2. The minimum Gasteiger partial charge on any atom is -0.493 e. The molecule has 1 saturated heterocycles. The normalized spacial score (nSPS) is 20.7. The summed E-state index contributed by atoms with van der Waals surface area (Å²) in [5.41, 5.74) is 1.19. The maximum Gasteiger partial charge on any atom is 0.183 e. The molecule has 0 radical (unpaired) electrons. The van der Waals surface area contributed by atoms with E-state index < -0.39 is 31.0 Å². The van der Waals surface area contributed by atoms with Crippen LogP contribution in [0.5, 0.6) is 11.5 Å². The molecule has 1 N–H and O–H groups in total. The first-order chi connectivity index (χ1) is 14.3. The lowest BCUT2D eigenvalue weighted by molar-refractivity contribution is 0.354. The van der Waals surface area contributed by atoms with Crippen LogP contribution >= 0.6 is 0 Å². The van der Waals surface area contributed by atoms with Crippen LogP contribution in [0.3, 0.4) is 0 Å². The van der Waals surface area contributed by atoms with Crippen LogP contribution in [0.2, 0.25) is 0 Å². The molecule has 0 amide bonds. The van der Waals surface area contributed by atoms with E-state index in [4.69, 9.17) is 9.47 Å². The number of ether oxygens (including phenoxy) is 2. The lowest BCUT2D eigenvalue weighted by atomic mass is 10.1. The van der Waals surface area contributed by atoms with Crippen molar-refractivity contribution in [3.8, 4) is 11.5 Å². The van der Waals surface area contributed by atoms with E-state index in [1.807, 2.05) is 30.3 Å². The maximum absolute atomic E-state index is 13.3. The van der Waals surface area contributed by atoms with Gasteiger partial charge in [0.2, 0.25) is 0 Å². The highest BCUT2D eigenvalue weighted by molar-refractivity contribution is 7.96. The maximum atomic E-state index is 13.3. The molecule has 2 aromatic carbocycles. The highest BCUT2D eigenvalue weighted by Gasteiger charge is 2.45. The molecule has 0 unspecified atom stereocenters. The van der Waals surface area contributed by atoms with Crippen LogP contribution in [0, 0.1) is 0 Å². The predicted octanol–water partition coefficient (Wildman–Crippen LogP) is 1.87. The molecule has 0 aliphatic carbocycles. The smallest absolute Gasteiger partial charge is 0.183 e. The third-order valence-corrected chi connectivity index (χ3v) is 9.42. The standard InChI is InChI=1S/C21H27NO6S2/c1-27-19-11-10-17(13-20(19)28-2)30(25,26)21-15-29(23,24)14-18(21)22-12-6-9-16-7-4-3-5-8-16/h3-5,7-8,10-11,13,18,21-22H,6,9,12,14-15H2,1-2H3/t18-,21-/m0/s1. The number of hydrogen-bond donors (Lipinski definition) is 1. The van der Waals surface area contributed by atoms with Crippen molar-refractivity contribution < 1.29 is 26.3 Å². The largest absolute Gasteiger partial charge is 0.493 e. The molecule has 1 aliphatic heterocycles. The first-order valence-corrected chi connectivity index (χ1v) is 13.1. The van der Waals surface area contributed by atoms with Gasteiger partial charge in [0.25, 0.3) is 0 Å². The minimum absolute atomic E-state index is 0.0262. The van der Waals surface area contributed by atoms with Gasteiger partial charge in [0, 0.05) is 12.1 Å². The summed E-state index contributed by atoms with van der Waals surface area (Å²) < 4.78 is 61.4. The van der Waals surface area contributed by atoms with Crippen molar-refractivity contribution in [2.24, 2.45) is 0 Å². The molecule has 0 bridgehead atoms. The Kier molecular flexibility index (Phi) is 7.05. The number of sulfone groups is 2. The summed E-state index contributed by atoms with van der Waals surface area (Å²) in [6.07, 6.45) is 1.62. The Morgan fingerprint density at radius 2 is 1.70 bits per heavy atom. The fourth-order valence-electron chi connectivity index (χ4n) is 3.70. The lowest BCUT2D eigenvalue weighted by Crippen LogP contribution is -2.43. The summed E-state index contributed by atoms with van der Waals surface area (Å²) in [4.78, 5) is 0.0262.